The van der Waals surface area contributed by atoms with Gasteiger partial charge in [-0.25, -0.2) is 0 Å². The van der Waals surface area contributed by atoms with Crippen molar-refractivity contribution in [1.82, 2.24) is 4.90 Å². The SMILES string of the molecule is COC(=O)CC1=CCN(C(=O)C2CCN(c3ccc(C(=N)N)cc3)CC2)CC1. The molecule has 1 saturated heterocycles. The Morgan fingerprint density at radius 2 is 1.86 bits per heavy atom. The van der Waals surface area contributed by atoms with Gasteiger partial charge in [0.05, 0.1) is 13.5 Å². The Morgan fingerprint density at radius 3 is 2.39 bits per heavy atom. The Bertz CT molecular complexity index is 764. The van der Waals surface area contributed by atoms with E-state index in [0.29, 0.717) is 19.5 Å². The number of ether oxygens (including phenoxy) is 1. The van der Waals surface area contributed by atoms with Crippen molar-refractivity contribution in [3.63, 3.8) is 0 Å². The van der Waals surface area contributed by atoms with Gasteiger partial charge in [-0.2, -0.15) is 0 Å². The quantitative estimate of drug-likeness (QED) is 0.350. The summed E-state index contributed by atoms with van der Waals surface area (Å²) < 4.78 is 4.71. The Kier molecular flexibility index (Phi) is 6.34. The van der Waals surface area contributed by atoms with E-state index < -0.39 is 0 Å². The molecule has 0 saturated carbocycles. The van der Waals surface area contributed by atoms with Crippen molar-refractivity contribution in [2.75, 3.05) is 38.2 Å². The summed E-state index contributed by atoms with van der Waals surface area (Å²) >= 11 is 0. The second kappa shape index (κ2) is 8.91. The summed E-state index contributed by atoms with van der Waals surface area (Å²) in [5.41, 5.74) is 8.38. The number of nitrogens with two attached hydrogens (primary N) is 1. The summed E-state index contributed by atoms with van der Waals surface area (Å²) in [6.45, 7) is 2.94. The summed E-state index contributed by atoms with van der Waals surface area (Å²) in [4.78, 5) is 28.4. The number of nitrogen functional groups attached to an aromatic ring is 1. The molecule has 28 heavy (non-hydrogen) atoms. The van der Waals surface area contributed by atoms with Crippen molar-refractivity contribution in [3.8, 4) is 0 Å². The van der Waals surface area contributed by atoms with E-state index in [9.17, 15) is 9.59 Å². The number of benzene rings is 1. The van der Waals surface area contributed by atoms with Gasteiger partial charge in [-0.3, -0.25) is 15.0 Å². The van der Waals surface area contributed by atoms with E-state index in [1.807, 2.05) is 35.2 Å². The first-order valence-corrected chi connectivity index (χ1v) is 9.71. The number of piperidine rings is 1. The lowest BCUT2D eigenvalue weighted by Crippen LogP contribution is -2.44. The molecule has 1 amide bonds. The number of anilines is 1. The maximum Gasteiger partial charge on any atom is 0.309 e. The topological polar surface area (TPSA) is 99.7 Å². The average Bonchev–Trinajstić information content (AvgIpc) is 2.74. The van der Waals surface area contributed by atoms with E-state index in [0.717, 1.165) is 49.2 Å². The van der Waals surface area contributed by atoms with Gasteiger partial charge in [-0.05, 0) is 43.5 Å². The first kappa shape index (κ1) is 19.9. The van der Waals surface area contributed by atoms with E-state index >= 15 is 0 Å². The van der Waals surface area contributed by atoms with Crippen LogP contribution >= 0.6 is 0 Å². The van der Waals surface area contributed by atoms with Crippen LogP contribution in [0.2, 0.25) is 0 Å². The van der Waals surface area contributed by atoms with Gasteiger partial charge in [0.2, 0.25) is 5.91 Å². The molecule has 7 heteroatoms. The minimum Gasteiger partial charge on any atom is -0.469 e. The Hall–Kier alpha value is -2.83. The zero-order valence-corrected chi connectivity index (χ0v) is 16.3. The van der Waals surface area contributed by atoms with Gasteiger partial charge >= 0.3 is 5.97 Å². The maximum absolute atomic E-state index is 12.9. The number of rotatable bonds is 5. The summed E-state index contributed by atoms with van der Waals surface area (Å²) in [5.74, 6) is 0.124. The number of hydrogen-bond acceptors (Lipinski definition) is 5. The fraction of sp³-hybridized carbons (Fsp3) is 0.476. The van der Waals surface area contributed by atoms with Gasteiger partial charge in [0.15, 0.2) is 0 Å². The van der Waals surface area contributed by atoms with E-state index in [4.69, 9.17) is 15.9 Å². The van der Waals surface area contributed by atoms with E-state index in [-0.39, 0.29) is 23.6 Å². The lowest BCUT2D eigenvalue weighted by atomic mass is 9.93. The molecule has 0 unspecified atom stereocenters. The van der Waals surface area contributed by atoms with Crippen molar-refractivity contribution in [1.29, 1.82) is 5.41 Å². The van der Waals surface area contributed by atoms with Crippen molar-refractivity contribution in [3.05, 3.63) is 41.5 Å². The van der Waals surface area contributed by atoms with Gasteiger partial charge in [-0.1, -0.05) is 11.6 Å². The molecule has 2 aliphatic rings. The zero-order chi connectivity index (χ0) is 20.1. The molecule has 1 fully saturated rings. The molecular weight excluding hydrogens is 356 g/mol. The molecule has 150 valence electrons. The summed E-state index contributed by atoms with van der Waals surface area (Å²) in [5, 5.41) is 7.47. The second-order valence-corrected chi connectivity index (χ2v) is 7.37. The van der Waals surface area contributed by atoms with Crippen molar-refractivity contribution in [2.24, 2.45) is 11.7 Å². The van der Waals surface area contributed by atoms with Crippen LogP contribution in [0.1, 0.15) is 31.2 Å². The molecule has 0 aliphatic carbocycles. The van der Waals surface area contributed by atoms with Crippen LogP contribution in [0.4, 0.5) is 5.69 Å². The number of esters is 1. The van der Waals surface area contributed by atoms with Crippen LogP contribution in [0.25, 0.3) is 0 Å². The number of nitrogens with zero attached hydrogens (tertiary/aromatic N) is 2. The highest BCUT2D eigenvalue weighted by Crippen LogP contribution is 2.26. The predicted molar refractivity (Wildman–Crippen MR) is 108 cm³/mol. The minimum absolute atomic E-state index is 0.0586. The monoisotopic (exact) mass is 384 g/mol. The molecule has 0 bridgehead atoms. The molecule has 1 aromatic rings. The number of hydrogen-bond donors (Lipinski definition) is 2. The first-order chi connectivity index (χ1) is 13.5. The normalized spacial score (nSPS) is 17.8. The van der Waals surface area contributed by atoms with Gasteiger partial charge in [0.1, 0.15) is 5.84 Å². The highest BCUT2D eigenvalue weighted by molar-refractivity contribution is 5.95. The molecule has 0 aromatic heterocycles. The Labute approximate surface area is 165 Å². The summed E-state index contributed by atoms with van der Waals surface area (Å²) in [7, 11) is 1.39. The number of amides is 1. The van der Waals surface area contributed by atoms with Crippen LogP contribution in [0.5, 0.6) is 0 Å². The minimum atomic E-state index is -0.227. The van der Waals surface area contributed by atoms with E-state index in [1.54, 1.807) is 0 Å². The smallest absolute Gasteiger partial charge is 0.309 e. The van der Waals surface area contributed by atoms with Crippen LogP contribution in [0.3, 0.4) is 0 Å². The molecule has 0 radical (unpaired) electrons. The van der Waals surface area contributed by atoms with Gasteiger partial charge < -0.3 is 20.3 Å². The largest absolute Gasteiger partial charge is 0.469 e. The van der Waals surface area contributed by atoms with E-state index in [1.165, 1.54) is 7.11 Å². The Morgan fingerprint density at radius 1 is 1.18 bits per heavy atom. The second-order valence-electron chi connectivity index (χ2n) is 7.37. The Balaban J connectivity index is 1.50. The third-order valence-corrected chi connectivity index (χ3v) is 5.60. The number of methoxy groups -OCH3 is 1. The zero-order valence-electron chi connectivity index (χ0n) is 16.3. The lowest BCUT2D eigenvalue weighted by Gasteiger charge is -2.36. The fourth-order valence-corrected chi connectivity index (χ4v) is 3.82. The first-order valence-electron chi connectivity index (χ1n) is 9.71. The van der Waals surface area contributed by atoms with Gasteiger partial charge in [0, 0.05) is 43.3 Å². The van der Waals surface area contributed by atoms with Crippen LogP contribution in [-0.4, -0.2) is 55.9 Å². The summed E-state index contributed by atoms with van der Waals surface area (Å²) in [6.07, 6.45) is 4.72. The van der Waals surface area contributed by atoms with Crippen molar-refractivity contribution >= 4 is 23.4 Å². The number of carbonyl (C=O) groups is 2. The van der Waals surface area contributed by atoms with Crippen LogP contribution in [0.15, 0.2) is 35.9 Å². The van der Waals surface area contributed by atoms with E-state index in [2.05, 4.69) is 4.90 Å². The van der Waals surface area contributed by atoms with Gasteiger partial charge in [-0.15, -0.1) is 0 Å². The molecular formula is C21H28N4O3. The molecule has 3 N–H and O–H groups in total. The molecule has 1 aromatic carbocycles. The fourth-order valence-electron chi connectivity index (χ4n) is 3.82. The van der Waals surface area contributed by atoms with Crippen LogP contribution in [-0.2, 0) is 14.3 Å². The number of carbonyl (C=O) groups excluding carboxylic acids is 2. The predicted octanol–water partition coefficient (Wildman–Crippen LogP) is 1.91. The molecule has 0 atom stereocenters. The highest BCUT2D eigenvalue weighted by atomic mass is 16.5. The van der Waals surface area contributed by atoms with Crippen molar-refractivity contribution in [2.45, 2.75) is 25.7 Å². The molecule has 2 heterocycles. The molecule has 7 nitrogen and oxygen atoms in total. The molecule has 2 aliphatic heterocycles. The maximum atomic E-state index is 12.9. The summed E-state index contributed by atoms with van der Waals surface area (Å²) in [6, 6.07) is 7.69. The number of amidine groups is 1. The highest BCUT2D eigenvalue weighted by Gasteiger charge is 2.29. The van der Waals surface area contributed by atoms with Gasteiger partial charge in [0.25, 0.3) is 0 Å². The van der Waals surface area contributed by atoms with Crippen molar-refractivity contribution < 1.29 is 14.3 Å². The third-order valence-electron chi connectivity index (χ3n) is 5.60. The third kappa shape index (κ3) is 4.71. The number of nitrogens with one attached hydrogen (secondary N) is 1. The average molecular weight is 384 g/mol. The van der Waals surface area contributed by atoms with Crippen LogP contribution in [0, 0.1) is 11.3 Å². The molecule has 3 rings (SSSR count). The molecule has 0 spiro atoms. The standard InChI is InChI=1S/C21H28N4O3/c1-28-19(26)14-15-6-10-25(11-7-15)21(27)17-8-12-24(13-9-17)18-4-2-16(3-5-18)20(22)23/h2-6,17H,7-14H2,1H3,(H3,22,23). The lowest BCUT2D eigenvalue weighted by molar-refractivity contribution is -0.139. The van der Waals surface area contributed by atoms with Crippen LogP contribution < -0.4 is 10.6 Å².